The molecule has 1 saturated heterocycles. The third kappa shape index (κ3) is 3.66. The molecule has 26 heavy (non-hydrogen) atoms. The van der Waals surface area contributed by atoms with Crippen LogP contribution in [0, 0.1) is 11.8 Å². The number of benzene rings is 1. The monoisotopic (exact) mass is 361 g/mol. The lowest BCUT2D eigenvalue weighted by Crippen LogP contribution is -2.33. The van der Waals surface area contributed by atoms with Crippen LogP contribution in [-0.4, -0.2) is 43.4 Å². The maximum Gasteiger partial charge on any atom is 0.313 e. The molecule has 1 saturated carbocycles. The summed E-state index contributed by atoms with van der Waals surface area (Å²) in [6, 6.07) is 4.81. The van der Waals surface area contributed by atoms with E-state index in [1.807, 2.05) is 0 Å². The van der Waals surface area contributed by atoms with Crippen LogP contribution in [0.1, 0.15) is 32.1 Å². The highest BCUT2D eigenvalue weighted by molar-refractivity contribution is 6.05. The van der Waals surface area contributed by atoms with Gasteiger partial charge in [-0.15, -0.1) is 0 Å². The normalized spacial score (nSPS) is 22.2. The van der Waals surface area contributed by atoms with E-state index < -0.39 is 5.97 Å². The summed E-state index contributed by atoms with van der Waals surface area (Å²) in [5, 5.41) is 0. The van der Waals surface area contributed by atoms with E-state index in [9.17, 15) is 14.4 Å². The minimum absolute atomic E-state index is 0.0452. The van der Waals surface area contributed by atoms with Crippen molar-refractivity contribution in [2.75, 3.05) is 20.8 Å². The number of fused-ring (bicyclic) bond motifs is 1. The van der Waals surface area contributed by atoms with Gasteiger partial charge in [0.05, 0.1) is 32.5 Å². The molecule has 2 fully saturated rings. The number of rotatable bonds is 6. The quantitative estimate of drug-likeness (QED) is 0.439. The molecule has 7 nitrogen and oxygen atoms in total. The Hall–Kier alpha value is -2.57. The Morgan fingerprint density at radius 2 is 1.46 bits per heavy atom. The lowest BCUT2D eigenvalue weighted by Gasteiger charge is -2.19. The summed E-state index contributed by atoms with van der Waals surface area (Å²) in [5.41, 5.74) is 0. The van der Waals surface area contributed by atoms with Gasteiger partial charge in [-0.2, -0.15) is 0 Å². The van der Waals surface area contributed by atoms with Crippen LogP contribution in [0.3, 0.4) is 0 Å². The van der Waals surface area contributed by atoms with Crippen LogP contribution in [-0.2, 0) is 14.4 Å². The van der Waals surface area contributed by atoms with Gasteiger partial charge >= 0.3 is 5.97 Å². The molecule has 1 aliphatic carbocycles. The number of imide groups is 1. The summed E-state index contributed by atoms with van der Waals surface area (Å²) < 4.78 is 15.6. The zero-order chi connectivity index (χ0) is 18.7. The molecule has 1 aromatic carbocycles. The highest BCUT2D eigenvalue weighted by Crippen LogP contribution is 2.38. The Balaban J connectivity index is 1.59. The van der Waals surface area contributed by atoms with E-state index in [0.29, 0.717) is 17.2 Å². The van der Waals surface area contributed by atoms with Crippen LogP contribution in [0.15, 0.2) is 18.2 Å². The van der Waals surface area contributed by atoms with Crippen molar-refractivity contribution >= 4 is 17.8 Å². The van der Waals surface area contributed by atoms with Crippen LogP contribution in [0.5, 0.6) is 17.2 Å². The van der Waals surface area contributed by atoms with Gasteiger partial charge < -0.3 is 14.2 Å². The third-order valence-corrected chi connectivity index (χ3v) is 5.03. The molecule has 3 rings (SSSR count). The highest BCUT2D eigenvalue weighted by Gasteiger charge is 2.47. The molecule has 140 valence electrons. The lowest BCUT2D eigenvalue weighted by molar-refractivity contribution is -0.141. The van der Waals surface area contributed by atoms with Crippen molar-refractivity contribution in [2.45, 2.75) is 32.1 Å². The number of esters is 1. The van der Waals surface area contributed by atoms with Crippen molar-refractivity contribution in [1.29, 1.82) is 0 Å². The van der Waals surface area contributed by atoms with Crippen molar-refractivity contribution < 1.29 is 28.6 Å². The van der Waals surface area contributed by atoms with Crippen molar-refractivity contribution in [1.82, 2.24) is 4.90 Å². The van der Waals surface area contributed by atoms with Gasteiger partial charge in [-0.25, -0.2) is 0 Å². The molecule has 0 spiro atoms. The topological polar surface area (TPSA) is 82.1 Å². The molecule has 2 atom stereocenters. The average molecular weight is 361 g/mol. The molecule has 1 heterocycles. The number of carbonyl (C=O) groups is 3. The lowest BCUT2D eigenvalue weighted by atomic mass is 9.81. The first kappa shape index (κ1) is 18.2. The van der Waals surface area contributed by atoms with Crippen LogP contribution in [0.4, 0.5) is 0 Å². The number of hydrogen-bond acceptors (Lipinski definition) is 6. The van der Waals surface area contributed by atoms with Crippen molar-refractivity contribution in [3.63, 3.8) is 0 Å². The minimum Gasteiger partial charge on any atom is -0.496 e. The first-order valence-corrected chi connectivity index (χ1v) is 8.82. The second kappa shape index (κ2) is 7.76. The van der Waals surface area contributed by atoms with Crippen molar-refractivity contribution in [3.05, 3.63) is 18.2 Å². The van der Waals surface area contributed by atoms with Gasteiger partial charge in [0.15, 0.2) is 0 Å². The summed E-state index contributed by atoms with van der Waals surface area (Å²) in [6.45, 7) is 0.0601. The van der Waals surface area contributed by atoms with Gasteiger partial charge in [-0.3, -0.25) is 19.3 Å². The second-order valence-electron chi connectivity index (χ2n) is 6.60. The Morgan fingerprint density at radius 1 is 0.962 bits per heavy atom. The number of ether oxygens (including phenoxy) is 3. The Labute approximate surface area is 152 Å². The van der Waals surface area contributed by atoms with Crippen molar-refractivity contribution in [2.24, 2.45) is 11.8 Å². The van der Waals surface area contributed by atoms with Gasteiger partial charge in [0.25, 0.3) is 0 Å². The van der Waals surface area contributed by atoms with Gasteiger partial charge in [0.1, 0.15) is 17.2 Å². The van der Waals surface area contributed by atoms with E-state index in [4.69, 9.17) is 14.2 Å². The predicted molar refractivity (Wildman–Crippen MR) is 92.0 cm³/mol. The Bertz CT molecular complexity index is 670. The summed E-state index contributed by atoms with van der Waals surface area (Å²) >= 11 is 0. The number of amides is 2. The Morgan fingerprint density at radius 3 is 1.96 bits per heavy atom. The fourth-order valence-corrected chi connectivity index (χ4v) is 3.68. The molecule has 0 N–H and O–H groups in total. The summed E-state index contributed by atoms with van der Waals surface area (Å²) in [4.78, 5) is 38.2. The average Bonchev–Trinajstić information content (AvgIpc) is 2.90. The van der Waals surface area contributed by atoms with Crippen molar-refractivity contribution in [3.8, 4) is 17.2 Å². The maximum atomic E-state index is 12.4. The van der Waals surface area contributed by atoms with E-state index in [1.54, 1.807) is 18.2 Å². The fourth-order valence-electron chi connectivity index (χ4n) is 3.68. The molecule has 7 heteroatoms. The first-order chi connectivity index (χ1) is 12.5. The summed E-state index contributed by atoms with van der Waals surface area (Å²) in [5.74, 6) is 0.0906. The molecule has 1 aliphatic heterocycles. The van der Waals surface area contributed by atoms with Crippen LogP contribution in [0.25, 0.3) is 0 Å². The smallest absolute Gasteiger partial charge is 0.313 e. The molecule has 2 amide bonds. The van der Waals surface area contributed by atoms with Gasteiger partial charge in [0, 0.05) is 24.7 Å². The number of hydrogen-bond donors (Lipinski definition) is 0. The summed E-state index contributed by atoms with van der Waals surface area (Å²) in [7, 11) is 3.01. The SMILES string of the molecule is COc1cc(OC)cc(OC(=O)CCN2C(=O)[C@H]3CCCC[C@H]3C2=O)c1. The molecule has 0 radical (unpaired) electrons. The molecular weight excluding hydrogens is 338 g/mol. The zero-order valence-electron chi connectivity index (χ0n) is 15.0. The molecule has 0 aromatic heterocycles. The highest BCUT2D eigenvalue weighted by atomic mass is 16.5. The summed E-state index contributed by atoms with van der Waals surface area (Å²) in [6.07, 6.45) is 3.44. The molecule has 2 aliphatic rings. The van der Waals surface area contributed by atoms with E-state index in [0.717, 1.165) is 25.7 Å². The minimum atomic E-state index is -0.518. The molecule has 0 unspecified atom stereocenters. The van der Waals surface area contributed by atoms with E-state index in [1.165, 1.54) is 19.1 Å². The first-order valence-electron chi connectivity index (χ1n) is 8.82. The Kier molecular flexibility index (Phi) is 5.44. The van der Waals surface area contributed by atoms with Crippen LogP contribution < -0.4 is 14.2 Å². The van der Waals surface area contributed by atoms with Gasteiger partial charge in [0.2, 0.25) is 11.8 Å². The molecule has 0 bridgehead atoms. The van der Waals surface area contributed by atoms with E-state index in [2.05, 4.69) is 0 Å². The standard InChI is InChI=1S/C19H23NO6/c1-24-12-9-13(25-2)11-14(10-12)26-17(21)7-8-20-18(22)15-5-3-4-6-16(15)19(20)23/h9-11,15-16H,3-8H2,1-2H3/t15-,16+. The number of nitrogens with zero attached hydrogens (tertiary/aromatic N) is 1. The van der Waals surface area contributed by atoms with Crippen LogP contribution >= 0.6 is 0 Å². The maximum absolute atomic E-state index is 12.4. The van der Waals surface area contributed by atoms with E-state index >= 15 is 0 Å². The molecule has 1 aromatic rings. The largest absolute Gasteiger partial charge is 0.496 e. The zero-order valence-corrected chi connectivity index (χ0v) is 15.0. The van der Waals surface area contributed by atoms with Gasteiger partial charge in [-0.05, 0) is 12.8 Å². The van der Waals surface area contributed by atoms with Gasteiger partial charge in [-0.1, -0.05) is 12.8 Å². The predicted octanol–water partition coefficient (Wildman–Crippen LogP) is 2.17. The second-order valence-corrected chi connectivity index (χ2v) is 6.60. The van der Waals surface area contributed by atoms with Crippen LogP contribution in [0.2, 0.25) is 0 Å². The number of methoxy groups -OCH3 is 2. The molecular formula is C19H23NO6. The number of carbonyl (C=O) groups excluding carboxylic acids is 3. The fraction of sp³-hybridized carbons (Fsp3) is 0.526. The third-order valence-electron chi connectivity index (χ3n) is 5.03. The number of likely N-dealkylation sites (tertiary alicyclic amines) is 1. The van der Waals surface area contributed by atoms with E-state index in [-0.39, 0.29) is 36.6 Å².